The van der Waals surface area contributed by atoms with Crippen molar-refractivity contribution in [3.8, 4) is 17.0 Å². The molecule has 1 N–H and O–H groups in total. The summed E-state index contributed by atoms with van der Waals surface area (Å²) in [5.41, 5.74) is 2.22. The molecule has 28 heavy (non-hydrogen) atoms. The molecule has 0 unspecified atom stereocenters. The van der Waals surface area contributed by atoms with Crippen LogP contribution in [0.25, 0.3) is 11.3 Å². The van der Waals surface area contributed by atoms with Crippen LogP contribution in [-0.2, 0) is 4.79 Å². The zero-order valence-electron chi connectivity index (χ0n) is 15.4. The van der Waals surface area contributed by atoms with Gasteiger partial charge < -0.3 is 4.74 Å². The Hall–Kier alpha value is -3.26. The molecule has 7 nitrogen and oxygen atoms in total. The molecule has 0 spiro atoms. The number of thiazole rings is 1. The molecule has 0 aliphatic heterocycles. The van der Waals surface area contributed by atoms with Crippen LogP contribution in [0.15, 0.2) is 53.9 Å². The average molecular weight is 397 g/mol. The van der Waals surface area contributed by atoms with Crippen molar-refractivity contribution in [1.29, 1.82) is 0 Å². The molecular formula is C20H19N3O4S. The third-order valence-corrected chi connectivity index (χ3v) is 4.76. The number of nitro groups is 1. The fraction of sp³-hybridized carbons (Fsp3) is 0.200. The Balaban J connectivity index is 1.63. The van der Waals surface area contributed by atoms with Crippen molar-refractivity contribution in [1.82, 2.24) is 4.98 Å². The van der Waals surface area contributed by atoms with Crippen molar-refractivity contribution in [2.24, 2.45) is 0 Å². The highest BCUT2D eigenvalue weighted by Gasteiger charge is 2.13. The lowest BCUT2D eigenvalue weighted by Gasteiger charge is -2.13. The first-order valence-corrected chi connectivity index (χ1v) is 9.54. The van der Waals surface area contributed by atoms with Crippen LogP contribution in [0.3, 0.4) is 0 Å². The highest BCUT2D eigenvalue weighted by atomic mass is 32.1. The molecule has 1 heterocycles. The number of non-ortho nitro benzene ring substituents is 1. The first kappa shape index (κ1) is 19.5. The van der Waals surface area contributed by atoms with E-state index in [2.05, 4.69) is 24.1 Å². The summed E-state index contributed by atoms with van der Waals surface area (Å²) < 4.78 is 5.66. The van der Waals surface area contributed by atoms with Crippen LogP contribution in [-0.4, -0.2) is 22.4 Å². The predicted octanol–water partition coefficient (Wildman–Crippen LogP) is 4.86. The van der Waals surface area contributed by atoms with Crippen LogP contribution >= 0.6 is 11.3 Å². The molecular weight excluding hydrogens is 378 g/mol. The monoisotopic (exact) mass is 397 g/mol. The Kier molecular flexibility index (Phi) is 6.00. The third-order valence-electron chi connectivity index (χ3n) is 4.00. The van der Waals surface area contributed by atoms with Gasteiger partial charge in [0.15, 0.2) is 11.7 Å². The molecule has 3 rings (SSSR count). The number of ether oxygens (including phenoxy) is 1. The number of carbonyl (C=O) groups excluding carboxylic acids is 1. The summed E-state index contributed by atoms with van der Waals surface area (Å²) in [7, 11) is 0. The molecule has 8 heteroatoms. The minimum absolute atomic E-state index is 0.00620. The fourth-order valence-electron chi connectivity index (χ4n) is 2.63. The van der Waals surface area contributed by atoms with Gasteiger partial charge >= 0.3 is 0 Å². The molecule has 144 valence electrons. The summed E-state index contributed by atoms with van der Waals surface area (Å²) in [6.45, 7) is 4.00. The lowest BCUT2D eigenvalue weighted by molar-refractivity contribution is -0.384. The maximum absolute atomic E-state index is 12.2. The Morgan fingerprint density at radius 3 is 2.79 bits per heavy atom. The highest BCUT2D eigenvalue weighted by molar-refractivity contribution is 7.14. The first-order valence-electron chi connectivity index (χ1n) is 8.66. The Morgan fingerprint density at radius 2 is 2.04 bits per heavy atom. The van der Waals surface area contributed by atoms with Crippen molar-refractivity contribution in [3.05, 3.63) is 69.6 Å². The lowest BCUT2D eigenvalue weighted by Crippen LogP contribution is -2.20. The van der Waals surface area contributed by atoms with Crippen molar-refractivity contribution in [2.75, 3.05) is 11.9 Å². The van der Waals surface area contributed by atoms with E-state index in [-0.39, 0.29) is 24.1 Å². The highest BCUT2D eigenvalue weighted by Crippen LogP contribution is 2.28. The van der Waals surface area contributed by atoms with Gasteiger partial charge in [0.1, 0.15) is 5.75 Å². The largest absolute Gasteiger partial charge is 0.483 e. The maximum atomic E-state index is 12.2. The van der Waals surface area contributed by atoms with Gasteiger partial charge in [-0.05, 0) is 17.5 Å². The molecule has 0 radical (unpaired) electrons. The number of para-hydroxylation sites is 1. The Morgan fingerprint density at radius 1 is 1.25 bits per heavy atom. The quantitative estimate of drug-likeness (QED) is 0.454. The minimum atomic E-state index is -0.453. The van der Waals surface area contributed by atoms with E-state index in [1.54, 1.807) is 17.5 Å². The zero-order chi connectivity index (χ0) is 20.1. The van der Waals surface area contributed by atoms with Crippen LogP contribution in [0.2, 0.25) is 0 Å². The van der Waals surface area contributed by atoms with Crippen LogP contribution in [0.4, 0.5) is 10.8 Å². The number of nitrogens with one attached hydrogen (secondary N) is 1. The van der Waals surface area contributed by atoms with Gasteiger partial charge in [-0.3, -0.25) is 20.2 Å². The van der Waals surface area contributed by atoms with Crippen LogP contribution in [0, 0.1) is 10.1 Å². The van der Waals surface area contributed by atoms with Gasteiger partial charge in [0.2, 0.25) is 0 Å². The third kappa shape index (κ3) is 4.72. The average Bonchev–Trinajstić information content (AvgIpc) is 3.15. The number of rotatable bonds is 7. The van der Waals surface area contributed by atoms with E-state index in [0.29, 0.717) is 22.1 Å². The molecule has 0 saturated carbocycles. The predicted molar refractivity (Wildman–Crippen MR) is 109 cm³/mol. The van der Waals surface area contributed by atoms with Crippen molar-refractivity contribution < 1.29 is 14.5 Å². The zero-order valence-corrected chi connectivity index (χ0v) is 16.2. The second kappa shape index (κ2) is 8.62. The molecule has 0 atom stereocenters. The van der Waals surface area contributed by atoms with Gasteiger partial charge in [-0.15, -0.1) is 11.3 Å². The number of hydrogen-bond acceptors (Lipinski definition) is 6. The molecule has 0 bridgehead atoms. The topological polar surface area (TPSA) is 94.4 Å². The summed E-state index contributed by atoms with van der Waals surface area (Å²) in [6.07, 6.45) is 0. The standard InChI is InChI=1S/C20H19N3O4S/c1-13(2)16-8-3-4-9-18(16)27-11-19(24)22-20-21-17(12-28-20)14-6-5-7-15(10-14)23(25)26/h3-10,12-13H,11H2,1-2H3,(H,21,22,24). The summed E-state index contributed by atoms with van der Waals surface area (Å²) >= 11 is 1.25. The molecule has 0 saturated heterocycles. The van der Waals surface area contributed by atoms with E-state index < -0.39 is 4.92 Å². The van der Waals surface area contributed by atoms with E-state index in [1.165, 1.54) is 23.5 Å². The van der Waals surface area contributed by atoms with Gasteiger partial charge in [0.25, 0.3) is 11.6 Å². The summed E-state index contributed by atoms with van der Waals surface area (Å²) in [6, 6.07) is 13.8. The van der Waals surface area contributed by atoms with Gasteiger partial charge in [0.05, 0.1) is 10.6 Å². The van der Waals surface area contributed by atoms with Gasteiger partial charge in [-0.25, -0.2) is 4.98 Å². The molecule has 0 aliphatic carbocycles. The Labute approximate surface area is 166 Å². The van der Waals surface area contributed by atoms with Crippen molar-refractivity contribution >= 4 is 28.1 Å². The number of benzene rings is 2. The van der Waals surface area contributed by atoms with Gasteiger partial charge in [0, 0.05) is 23.1 Å². The van der Waals surface area contributed by atoms with Gasteiger partial charge in [-0.2, -0.15) is 0 Å². The SMILES string of the molecule is CC(C)c1ccccc1OCC(=O)Nc1nc(-c2cccc([N+](=O)[O-])c2)cs1. The van der Waals surface area contributed by atoms with Crippen LogP contribution in [0.1, 0.15) is 25.3 Å². The number of nitro benzene ring substituents is 1. The normalized spacial score (nSPS) is 10.7. The second-order valence-corrected chi connectivity index (χ2v) is 7.23. The molecule has 3 aromatic rings. The van der Waals surface area contributed by atoms with E-state index >= 15 is 0 Å². The second-order valence-electron chi connectivity index (χ2n) is 6.37. The van der Waals surface area contributed by atoms with Gasteiger partial charge in [-0.1, -0.05) is 44.2 Å². The Bertz CT molecular complexity index is 1000. The van der Waals surface area contributed by atoms with Crippen LogP contribution in [0.5, 0.6) is 5.75 Å². The number of hydrogen-bond donors (Lipinski definition) is 1. The number of anilines is 1. The molecule has 1 amide bonds. The smallest absolute Gasteiger partial charge is 0.270 e. The molecule has 0 fully saturated rings. The number of nitrogens with zero attached hydrogens (tertiary/aromatic N) is 2. The molecule has 2 aromatic carbocycles. The number of carbonyl (C=O) groups is 1. The van der Waals surface area contributed by atoms with E-state index in [9.17, 15) is 14.9 Å². The lowest BCUT2D eigenvalue weighted by atomic mass is 10.0. The minimum Gasteiger partial charge on any atom is -0.483 e. The maximum Gasteiger partial charge on any atom is 0.270 e. The summed E-state index contributed by atoms with van der Waals surface area (Å²) in [5.74, 6) is 0.651. The number of aromatic nitrogens is 1. The first-order chi connectivity index (χ1) is 13.4. The summed E-state index contributed by atoms with van der Waals surface area (Å²) in [5, 5.41) is 15.8. The van der Waals surface area contributed by atoms with E-state index in [0.717, 1.165) is 5.56 Å². The summed E-state index contributed by atoms with van der Waals surface area (Å²) in [4.78, 5) is 27.0. The van der Waals surface area contributed by atoms with E-state index in [1.807, 2.05) is 24.3 Å². The molecule has 1 aromatic heterocycles. The fourth-order valence-corrected chi connectivity index (χ4v) is 3.37. The number of amides is 1. The van der Waals surface area contributed by atoms with Crippen LogP contribution < -0.4 is 10.1 Å². The van der Waals surface area contributed by atoms with Crippen molar-refractivity contribution in [3.63, 3.8) is 0 Å². The molecule has 0 aliphatic rings. The van der Waals surface area contributed by atoms with E-state index in [4.69, 9.17) is 4.74 Å². The van der Waals surface area contributed by atoms with Crippen molar-refractivity contribution in [2.45, 2.75) is 19.8 Å².